The number of rotatable bonds is 2. The average Bonchev–Trinajstić information content (AvgIpc) is 2.52. The average molecular weight is 292 g/mol. The molecule has 0 aromatic heterocycles. The Morgan fingerprint density at radius 1 is 1.57 bits per heavy atom. The molecular formula is C15H17FN2O3. The fourth-order valence-electron chi connectivity index (χ4n) is 2.15. The molecule has 112 valence electrons. The number of ether oxygens (including phenoxy) is 1. The molecule has 21 heavy (non-hydrogen) atoms. The summed E-state index contributed by atoms with van der Waals surface area (Å²) < 4.78 is 19.3. The molecule has 1 atom stereocenters. The highest BCUT2D eigenvalue weighted by molar-refractivity contribution is 5.95. The molecule has 2 rings (SSSR count). The third kappa shape index (κ3) is 3.58. The van der Waals surface area contributed by atoms with Crippen LogP contribution in [0.2, 0.25) is 0 Å². The first kappa shape index (κ1) is 15.4. The Morgan fingerprint density at radius 2 is 2.38 bits per heavy atom. The van der Waals surface area contributed by atoms with Crippen molar-refractivity contribution in [2.24, 2.45) is 5.73 Å². The quantitative estimate of drug-likeness (QED) is 0.751. The van der Waals surface area contributed by atoms with Crippen LogP contribution in [0.5, 0.6) is 0 Å². The SMILES string of the molecule is NCC#Cc1ccc(C(=O)N2CCOCC2CO)c(F)c1. The smallest absolute Gasteiger partial charge is 0.257 e. The summed E-state index contributed by atoms with van der Waals surface area (Å²) in [4.78, 5) is 13.8. The lowest BCUT2D eigenvalue weighted by atomic mass is 10.1. The van der Waals surface area contributed by atoms with Gasteiger partial charge in [0, 0.05) is 12.1 Å². The van der Waals surface area contributed by atoms with Gasteiger partial charge in [-0.2, -0.15) is 0 Å². The molecule has 5 nitrogen and oxygen atoms in total. The van der Waals surface area contributed by atoms with Gasteiger partial charge in [0.15, 0.2) is 0 Å². The van der Waals surface area contributed by atoms with E-state index in [9.17, 15) is 14.3 Å². The van der Waals surface area contributed by atoms with Crippen LogP contribution in [0.1, 0.15) is 15.9 Å². The maximum atomic E-state index is 14.1. The second-order valence-corrected chi connectivity index (χ2v) is 4.61. The Balaban J connectivity index is 2.22. The molecule has 1 saturated heterocycles. The number of hydrogen-bond acceptors (Lipinski definition) is 4. The van der Waals surface area contributed by atoms with Crippen molar-refractivity contribution in [1.82, 2.24) is 4.90 Å². The Bertz CT molecular complexity index is 580. The lowest BCUT2D eigenvalue weighted by Gasteiger charge is -2.34. The Morgan fingerprint density at radius 3 is 3.05 bits per heavy atom. The summed E-state index contributed by atoms with van der Waals surface area (Å²) in [5.41, 5.74) is 5.69. The van der Waals surface area contributed by atoms with Gasteiger partial charge in [-0.15, -0.1) is 0 Å². The highest BCUT2D eigenvalue weighted by Crippen LogP contribution is 2.16. The molecule has 1 unspecified atom stereocenters. The van der Waals surface area contributed by atoms with Crippen LogP contribution in [0, 0.1) is 17.7 Å². The van der Waals surface area contributed by atoms with Crippen molar-refractivity contribution in [1.29, 1.82) is 0 Å². The van der Waals surface area contributed by atoms with Gasteiger partial charge in [-0.05, 0) is 18.2 Å². The van der Waals surface area contributed by atoms with E-state index in [0.29, 0.717) is 18.7 Å². The van der Waals surface area contributed by atoms with Gasteiger partial charge >= 0.3 is 0 Å². The largest absolute Gasteiger partial charge is 0.394 e. The minimum absolute atomic E-state index is 0.0337. The molecule has 3 N–H and O–H groups in total. The molecule has 1 aliphatic heterocycles. The number of hydrogen-bond donors (Lipinski definition) is 2. The van der Waals surface area contributed by atoms with Gasteiger partial charge in [0.1, 0.15) is 5.82 Å². The van der Waals surface area contributed by atoms with E-state index in [4.69, 9.17) is 10.5 Å². The van der Waals surface area contributed by atoms with E-state index in [1.807, 2.05) is 0 Å². The summed E-state index contributed by atoms with van der Waals surface area (Å²) in [7, 11) is 0. The fraction of sp³-hybridized carbons (Fsp3) is 0.400. The summed E-state index contributed by atoms with van der Waals surface area (Å²) in [6.07, 6.45) is 0. The molecule has 6 heteroatoms. The topological polar surface area (TPSA) is 75.8 Å². The number of nitrogens with two attached hydrogens (primary N) is 1. The van der Waals surface area contributed by atoms with Crippen LogP contribution in [0.4, 0.5) is 4.39 Å². The molecule has 0 aliphatic carbocycles. The van der Waals surface area contributed by atoms with Crippen LogP contribution in [-0.2, 0) is 4.74 Å². The molecule has 0 bridgehead atoms. The molecule has 1 aliphatic rings. The van der Waals surface area contributed by atoms with Crippen LogP contribution in [0.15, 0.2) is 18.2 Å². The van der Waals surface area contributed by atoms with E-state index in [2.05, 4.69) is 11.8 Å². The number of amides is 1. The molecular weight excluding hydrogens is 275 g/mol. The number of aliphatic hydroxyl groups excluding tert-OH is 1. The summed E-state index contributed by atoms with van der Waals surface area (Å²) in [6, 6.07) is 3.75. The highest BCUT2D eigenvalue weighted by Gasteiger charge is 2.28. The van der Waals surface area contributed by atoms with E-state index >= 15 is 0 Å². The number of carbonyl (C=O) groups excluding carboxylic acids is 1. The zero-order valence-corrected chi connectivity index (χ0v) is 11.5. The monoisotopic (exact) mass is 292 g/mol. The van der Waals surface area contributed by atoms with Gasteiger partial charge in [-0.1, -0.05) is 11.8 Å². The molecule has 0 spiro atoms. The predicted molar refractivity (Wildman–Crippen MR) is 75.1 cm³/mol. The van der Waals surface area contributed by atoms with Crippen molar-refractivity contribution in [2.75, 3.05) is 32.9 Å². The van der Waals surface area contributed by atoms with Crippen LogP contribution >= 0.6 is 0 Å². The lowest BCUT2D eigenvalue weighted by Crippen LogP contribution is -2.50. The van der Waals surface area contributed by atoms with E-state index < -0.39 is 17.8 Å². The fourth-order valence-corrected chi connectivity index (χ4v) is 2.15. The molecule has 1 fully saturated rings. The molecule has 1 aromatic rings. The third-order valence-electron chi connectivity index (χ3n) is 3.23. The Hall–Kier alpha value is -1.94. The van der Waals surface area contributed by atoms with Crippen LogP contribution in [0.3, 0.4) is 0 Å². The number of aliphatic hydroxyl groups is 1. The third-order valence-corrected chi connectivity index (χ3v) is 3.23. The number of halogens is 1. The number of carbonyl (C=O) groups is 1. The van der Waals surface area contributed by atoms with Crippen molar-refractivity contribution < 1.29 is 19.0 Å². The number of benzene rings is 1. The normalized spacial score (nSPS) is 18.0. The second kappa shape index (κ2) is 7.18. The summed E-state index contributed by atoms with van der Waals surface area (Å²) in [5, 5.41) is 9.27. The number of morpholine rings is 1. The predicted octanol–water partition coefficient (Wildman–Crippen LogP) is -0.0308. The van der Waals surface area contributed by atoms with Crippen molar-refractivity contribution in [2.45, 2.75) is 6.04 Å². The Kier molecular flexibility index (Phi) is 5.28. The minimum atomic E-state index is -0.632. The first-order valence-electron chi connectivity index (χ1n) is 6.65. The van der Waals surface area contributed by atoms with E-state index in [1.165, 1.54) is 17.0 Å². The van der Waals surface area contributed by atoms with Crippen molar-refractivity contribution in [3.8, 4) is 11.8 Å². The summed E-state index contributed by atoms with van der Waals surface area (Å²) in [6.45, 7) is 0.938. The maximum absolute atomic E-state index is 14.1. The summed E-state index contributed by atoms with van der Waals surface area (Å²) >= 11 is 0. The first-order valence-corrected chi connectivity index (χ1v) is 6.65. The van der Waals surface area contributed by atoms with Gasteiger partial charge in [0.25, 0.3) is 5.91 Å². The molecule has 0 radical (unpaired) electrons. The van der Waals surface area contributed by atoms with Crippen LogP contribution in [0.25, 0.3) is 0 Å². The minimum Gasteiger partial charge on any atom is -0.394 e. The maximum Gasteiger partial charge on any atom is 0.257 e. The second-order valence-electron chi connectivity index (χ2n) is 4.61. The van der Waals surface area contributed by atoms with Crippen LogP contribution < -0.4 is 5.73 Å². The van der Waals surface area contributed by atoms with Gasteiger partial charge < -0.3 is 20.5 Å². The zero-order valence-electron chi connectivity index (χ0n) is 11.5. The highest BCUT2D eigenvalue weighted by atomic mass is 19.1. The van der Waals surface area contributed by atoms with Gasteiger partial charge in [0.2, 0.25) is 0 Å². The Labute approximate surface area is 122 Å². The summed E-state index contributed by atoms with van der Waals surface area (Å²) in [5.74, 6) is 4.25. The van der Waals surface area contributed by atoms with Gasteiger partial charge in [0.05, 0.1) is 38.0 Å². The van der Waals surface area contributed by atoms with Gasteiger partial charge in [-0.3, -0.25) is 4.79 Å². The molecule has 1 amide bonds. The van der Waals surface area contributed by atoms with Crippen molar-refractivity contribution in [3.63, 3.8) is 0 Å². The molecule has 1 aromatic carbocycles. The zero-order chi connectivity index (χ0) is 15.2. The lowest BCUT2D eigenvalue weighted by molar-refractivity contribution is -0.0185. The standard InChI is InChI=1S/C15H17FN2O3/c16-14-8-11(2-1-5-17)3-4-13(14)15(20)18-6-7-21-10-12(18)9-19/h3-4,8,12,19H,5-7,9-10,17H2. The van der Waals surface area contributed by atoms with Crippen LogP contribution in [-0.4, -0.2) is 54.9 Å². The van der Waals surface area contributed by atoms with E-state index in [-0.39, 0.29) is 25.3 Å². The van der Waals surface area contributed by atoms with Crippen molar-refractivity contribution >= 4 is 5.91 Å². The van der Waals surface area contributed by atoms with Crippen molar-refractivity contribution in [3.05, 3.63) is 35.1 Å². The first-order chi connectivity index (χ1) is 10.2. The number of nitrogens with zero attached hydrogens (tertiary/aromatic N) is 1. The van der Waals surface area contributed by atoms with E-state index in [1.54, 1.807) is 6.07 Å². The van der Waals surface area contributed by atoms with Gasteiger partial charge in [-0.25, -0.2) is 4.39 Å². The molecule has 0 saturated carbocycles. The molecule has 1 heterocycles. The van der Waals surface area contributed by atoms with E-state index in [0.717, 1.165) is 0 Å².